The van der Waals surface area contributed by atoms with Crippen LogP contribution < -0.4 is 31.9 Å². The van der Waals surface area contributed by atoms with Crippen LogP contribution in [0, 0.1) is 0 Å². The number of rotatable bonds is 7. The van der Waals surface area contributed by atoms with E-state index in [2.05, 4.69) is 15.5 Å². The molecule has 2 aromatic carbocycles. The van der Waals surface area contributed by atoms with Crippen molar-refractivity contribution < 1.29 is 18.0 Å². The number of carbonyl (C=O) groups is 1. The minimum Gasteiger partial charge on any atom is -0.369 e. The van der Waals surface area contributed by atoms with Gasteiger partial charge in [0.15, 0.2) is 5.82 Å². The van der Waals surface area contributed by atoms with Crippen LogP contribution in [-0.2, 0) is 6.18 Å². The summed E-state index contributed by atoms with van der Waals surface area (Å²) in [7, 11) is 0. The Morgan fingerprint density at radius 3 is 2.55 bits per heavy atom. The molecule has 1 aromatic heterocycles. The molecule has 38 heavy (non-hydrogen) atoms. The highest BCUT2D eigenvalue weighted by Gasteiger charge is 2.31. The molecule has 2 heterocycles. The van der Waals surface area contributed by atoms with E-state index < -0.39 is 11.7 Å². The monoisotopic (exact) mass is 527 g/mol. The quantitative estimate of drug-likeness (QED) is 0.336. The number of anilines is 3. The Labute approximate surface area is 219 Å². The van der Waals surface area contributed by atoms with Crippen LogP contribution in [0.1, 0.15) is 30.6 Å². The van der Waals surface area contributed by atoms with Crippen molar-refractivity contribution in [2.45, 2.75) is 25.7 Å². The van der Waals surface area contributed by atoms with Crippen molar-refractivity contribution in [1.82, 2.24) is 10.3 Å². The molecule has 2 amide bonds. The molecular weight excluding hydrogens is 495 g/mol. The van der Waals surface area contributed by atoms with Gasteiger partial charge in [-0.15, -0.1) is 0 Å². The molecule has 1 aliphatic rings. The third-order valence-corrected chi connectivity index (χ3v) is 6.40. The van der Waals surface area contributed by atoms with Gasteiger partial charge >= 0.3 is 12.2 Å². The summed E-state index contributed by atoms with van der Waals surface area (Å²) in [5.41, 5.74) is 13.7. The number of nitrogens with zero attached hydrogens (tertiary/aromatic N) is 3. The van der Waals surface area contributed by atoms with Crippen molar-refractivity contribution in [2.24, 2.45) is 11.5 Å². The van der Waals surface area contributed by atoms with Crippen LogP contribution in [0.15, 0.2) is 60.7 Å². The standard InChI is InChI=1S/C27H32F3N7O/c1-2-36-15-4-16-37(26(38)34-21-9-7-18(8-10-21)24(32)33-14-13-31)25-23(36)12-11-22(35-25)19-5-3-6-20(17-19)27(28,29)30/h3,5-12,17,24,33H,2,4,13-16,31-32H2,1H3,(H,34,38). The smallest absolute Gasteiger partial charge is 0.369 e. The summed E-state index contributed by atoms with van der Waals surface area (Å²) in [4.78, 5) is 21.8. The molecule has 0 saturated heterocycles. The number of pyridine rings is 1. The third kappa shape index (κ3) is 6.24. The van der Waals surface area contributed by atoms with Gasteiger partial charge < -0.3 is 21.7 Å². The zero-order valence-corrected chi connectivity index (χ0v) is 21.1. The summed E-state index contributed by atoms with van der Waals surface area (Å²) in [5.74, 6) is 0.404. The molecule has 0 spiro atoms. The number of carbonyl (C=O) groups excluding carboxylic acids is 1. The van der Waals surface area contributed by atoms with Crippen LogP contribution >= 0.6 is 0 Å². The molecule has 0 aliphatic carbocycles. The second-order valence-corrected chi connectivity index (χ2v) is 8.98. The van der Waals surface area contributed by atoms with Gasteiger partial charge in [-0.2, -0.15) is 13.2 Å². The molecule has 1 aliphatic heterocycles. The Morgan fingerprint density at radius 2 is 1.87 bits per heavy atom. The van der Waals surface area contributed by atoms with E-state index in [0.717, 1.165) is 29.9 Å². The van der Waals surface area contributed by atoms with Gasteiger partial charge in [0, 0.05) is 44.0 Å². The van der Waals surface area contributed by atoms with Crippen molar-refractivity contribution in [1.29, 1.82) is 0 Å². The zero-order valence-electron chi connectivity index (χ0n) is 21.1. The van der Waals surface area contributed by atoms with E-state index in [1.807, 2.05) is 25.1 Å². The first-order valence-electron chi connectivity index (χ1n) is 12.5. The highest BCUT2D eigenvalue weighted by atomic mass is 19.4. The molecule has 4 rings (SSSR count). The number of hydrogen-bond acceptors (Lipinski definition) is 6. The number of amides is 2. The third-order valence-electron chi connectivity index (χ3n) is 6.40. The number of urea groups is 1. The summed E-state index contributed by atoms with van der Waals surface area (Å²) in [6.45, 7) is 4.89. The molecular formula is C27H32F3N7O. The van der Waals surface area contributed by atoms with Gasteiger partial charge in [-0.1, -0.05) is 24.3 Å². The summed E-state index contributed by atoms with van der Waals surface area (Å²) in [6.07, 6.45) is -4.14. The highest BCUT2D eigenvalue weighted by molar-refractivity contribution is 6.03. The second kappa shape index (κ2) is 11.8. The molecule has 202 valence electrons. The normalized spacial score (nSPS) is 14.6. The lowest BCUT2D eigenvalue weighted by atomic mass is 10.1. The van der Waals surface area contributed by atoms with Crippen LogP contribution in [0.4, 0.5) is 35.2 Å². The van der Waals surface area contributed by atoms with E-state index in [0.29, 0.717) is 55.4 Å². The lowest BCUT2D eigenvalue weighted by molar-refractivity contribution is -0.137. The molecule has 6 N–H and O–H groups in total. The van der Waals surface area contributed by atoms with Crippen molar-refractivity contribution >= 4 is 23.2 Å². The van der Waals surface area contributed by atoms with Gasteiger partial charge in [-0.25, -0.2) is 9.78 Å². The largest absolute Gasteiger partial charge is 0.416 e. The molecule has 1 unspecified atom stereocenters. The predicted octanol–water partition coefficient (Wildman–Crippen LogP) is 4.54. The highest BCUT2D eigenvalue weighted by Crippen LogP contribution is 2.36. The molecule has 3 aromatic rings. The average molecular weight is 528 g/mol. The van der Waals surface area contributed by atoms with Crippen molar-refractivity contribution in [3.63, 3.8) is 0 Å². The molecule has 1 atom stereocenters. The molecule has 0 bridgehead atoms. The lowest BCUT2D eigenvalue weighted by Gasteiger charge is -2.25. The van der Waals surface area contributed by atoms with E-state index in [4.69, 9.17) is 16.5 Å². The number of alkyl halides is 3. The van der Waals surface area contributed by atoms with Crippen molar-refractivity contribution in [2.75, 3.05) is 47.8 Å². The number of aromatic nitrogens is 1. The fourth-order valence-corrected chi connectivity index (χ4v) is 4.40. The van der Waals surface area contributed by atoms with Gasteiger partial charge in [0.1, 0.15) is 0 Å². The van der Waals surface area contributed by atoms with Crippen LogP contribution in [-0.4, -0.2) is 43.7 Å². The summed E-state index contributed by atoms with van der Waals surface area (Å²) in [5, 5.41) is 6.01. The maximum absolute atomic E-state index is 13.4. The minimum atomic E-state index is -4.47. The average Bonchev–Trinajstić information content (AvgIpc) is 3.10. The minimum absolute atomic E-state index is 0.324. The Morgan fingerprint density at radius 1 is 1.11 bits per heavy atom. The number of nitrogens with one attached hydrogen (secondary N) is 2. The number of benzene rings is 2. The maximum Gasteiger partial charge on any atom is 0.416 e. The Kier molecular flexibility index (Phi) is 8.50. The number of hydrogen-bond donors (Lipinski definition) is 4. The molecule has 0 radical (unpaired) electrons. The molecule has 8 nitrogen and oxygen atoms in total. The van der Waals surface area contributed by atoms with Gasteiger partial charge in [-0.3, -0.25) is 10.2 Å². The van der Waals surface area contributed by atoms with Gasteiger partial charge in [0.2, 0.25) is 0 Å². The van der Waals surface area contributed by atoms with Crippen molar-refractivity contribution in [3.8, 4) is 11.3 Å². The fraction of sp³-hybridized carbons (Fsp3) is 0.333. The summed E-state index contributed by atoms with van der Waals surface area (Å²) < 4.78 is 39.9. The first-order chi connectivity index (χ1) is 18.2. The van der Waals surface area contributed by atoms with Gasteiger partial charge in [-0.05, 0) is 55.3 Å². The Bertz CT molecular complexity index is 1250. The lowest BCUT2D eigenvalue weighted by Crippen LogP contribution is -2.36. The first kappa shape index (κ1) is 27.4. The first-order valence-corrected chi connectivity index (χ1v) is 12.5. The predicted molar refractivity (Wildman–Crippen MR) is 144 cm³/mol. The molecule has 0 fully saturated rings. The topological polar surface area (TPSA) is 113 Å². The van der Waals surface area contributed by atoms with Crippen LogP contribution in [0.5, 0.6) is 0 Å². The summed E-state index contributed by atoms with van der Waals surface area (Å²) >= 11 is 0. The van der Waals surface area contributed by atoms with E-state index in [1.165, 1.54) is 6.07 Å². The second-order valence-electron chi connectivity index (χ2n) is 8.98. The SMILES string of the molecule is CCN1CCCN(C(=O)Nc2ccc(C(N)NCCN)cc2)c2nc(-c3cccc(C(F)(F)F)c3)ccc21. The Hall–Kier alpha value is -3.67. The number of nitrogens with two attached hydrogens (primary N) is 2. The van der Waals surface area contributed by atoms with E-state index in [1.54, 1.807) is 29.2 Å². The summed E-state index contributed by atoms with van der Waals surface area (Å²) in [6, 6.07) is 15.3. The number of fused-ring (bicyclic) bond motifs is 1. The number of halogens is 3. The van der Waals surface area contributed by atoms with Gasteiger partial charge in [0.25, 0.3) is 0 Å². The zero-order chi connectivity index (χ0) is 27.3. The van der Waals surface area contributed by atoms with Crippen LogP contribution in [0.3, 0.4) is 0 Å². The van der Waals surface area contributed by atoms with E-state index in [9.17, 15) is 18.0 Å². The van der Waals surface area contributed by atoms with E-state index in [-0.39, 0.29) is 12.2 Å². The molecule has 0 saturated carbocycles. The van der Waals surface area contributed by atoms with Crippen LogP contribution in [0.25, 0.3) is 11.3 Å². The molecule has 11 heteroatoms. The maximum atomic E-state index is 13.4. The van der Waals surface area contributed by atoms with E-state index >= 15 is 0 Å². The van der Waals surface area contributed by atoms with Gasteiger partial charge in [0.05, 0.1) is 23.1 Å². The Balaban J connectivity index is 1.62. The fourth-order valence-electron chi connectivity index (χ4n) is 4.40. The van der Waals surface area contributed by atoms with Crippen LogP contribution in [0.2, 0.25) is 0 Å². The van der Waals surface area contributed by atoms with Crippen molar-refractivity contribution in [3.05, 3.63) is 71.8 Å².